The van der Waals surface area contributed by atoms with Gasteiger partial charge in [-0.2, -0.15) is 0 Å². The molecular weight excluding hydrogens is 562 g/mol. The molecule has 4 rings (SSSR count). The lowest BCUT2D eigenvalue weighted by molar-refractivity contribution is -0.159. The first-order valence-electron chi connectivity index (χ1n) is 14.1. The molecule has 13 nitrogen and oxygen atoms in total. The number of carbonyl (C=O) groups is 4. The minimum atomic E-state index is -2.70. The van der Waals surface area contributed by atoms with Gasteiger partial charge in [-0.3, -0.25) is 19.3 Å². The van der Waals surface area contributed by atoms with E-state index in [0.29, 0.717) is 24.9 Å². The molecule has 0 radical (unpaired) electrons. The number of rotatable bonds is 11. The van der Waals surface area contributed by atoms with Crippen LogP contribution < -0.4 is 11.1 Å². The summed E-state index contributed by atoms with van der Waals surface area (Å²) in [6, 6.07) is 1.95. The number of aliphatic hydroxyl groups is 3. The molecule has 1 aromatic rings. The van der Waals surface area contributed by atoms with Crippen LogP contribution in [0.5, 0.6) is 5.75 Å². The van der Waals surface area contributed by atoms with E-state index in [2.05, 4.69) is 5.32 Å². The van der Waals surface area contributed by atoms with Gasteiger partial charge in [-0.05, 0) is 70.9 Å². The number of amides is 1. The highest BCUT2D eigenvalue weighted by Gasteiger charge is 2.67. The molecule has 7 N–H and O–H groups in total. The Morgan fingerprint density at radius 1 is 1.14 bits per heavy atom. The first-order chi connectivity index (χ1) is 20.2. The highest BCUT2D eigenvalue weighted by atomic mass is 16.5. The van der Waals surface area contributed by atoms with Crippen molar-refractivity contribution in [3.63, 3.8) is 0 Å². The van der Waals surface area contributed by atoms with Gasteiger partial charge in [0.2, 0.25) is 5.78 Å². The van der Waals surface area contributed by atoms with Crippen LogP contribution in [-0.4, -0.2) is 101 Å². The Morgan fingerprint density at radius 3 is 2.42 bits per heavy atom. The first kappa shape index (κ1) is 32.1. The van der Waals surface area contributed by atoms with Crippen LogP contribution >= 0.6 is 0 Å². The van der Waals surface area contributed by atoms with Gasteiger partial charge in [0.05, 0.1) is 30.4 Å². The molecule has 13 heteroatoms. The summed E-state index contributed by atoms with van der Waals surface area (Å²) in [5.41, 5.74) is 1.44. The number of ketones is 3. The fourth-order valence-electron chi connectivity index (χ4n) is 6.88. The molecule has 1 aromatic carbocycles. The van der Waals surface area contributed by atoms with Crippen LogP contribution in [0.1, 0.15) is 42.9 Å². The van der Waals surface area contributed by atoms with Crippen LogP contribution in [0.4, 0.5) is 4.79 Å². The predicted molar refractivity (Wildman–Crippen MR) is 153 cm³/mol. The van der Waals surface area contributed by atoms with Gasteiger partial charge >= 0.3 is 6.09 Å². The number of ether oxygens (including phenoxy) is 2. The standard InChI is InChI=1S/C30H39N3O10/c1-15(34)20-25(37)23(33(3)4)18-12-29(14-42-9-5-6-10-43-28(31)40)11-17-16(13-32-2)7-8-19(35)21(17)24(36)22(29)27(39)30(18,41)26(20)38/h7-8,18,23,32,35-36,38,41H,5-6,9-14H2,1-4H3,(H2,31,40)/t18-,23-,29-,30+/m0/s1. The number of primary amides is 1. The highest BCUT2D eigenvalue weighted by molar-refractivity contribution is 6.25. The lowest BCUT2D eigenvalue weighted by Gasteiger charge is -2.54. The van der Waals surface area contributed by atoms with Gasteiger partial charge in [-0.1, -0.05) is 6.07 Å². The largest absolute Gasteiger partial charge is 0.508 e. The fourth-order valence-corrected chi connectivity index (χ4v) is 6.88. The van der Waals surface area contributed by atoms with Crippen molar-refractivity contribution < 1.29 is 49.1 Å². The summed E-state index contributed by atoms with van der Waals surface area (Å²) in [6.07, 6.45) is 0.0641. The molecule has 1 amide bonds. The van der Waals surface area contributed by atoms with E-state index in [1.165, 1.54) is 11.0 Å². The maximum atomic E-state index is 14.4. The summed E-state index contributed by atoms with van der Waals surface area (Å²) < 4.78 is 10.8. The smallest absolute Gasteiger partial charge is 0.404 e. The van der Waals surface area contributed by atoms with E-state index in [1.54, 1.807) is 27.2 Å². The van der Waals surface area contributed by atoms with E-state index in [1.807, 2.05) is 0 Å². The van der Waals surface area contributed by atoms with Crippen LogP contribution in [-0.2, 0) is 36.8 Å². The maximum absolute atomic E-state index is 14.4. The van der Waals surface area contributed by atoms with E-state index in [9.17, 15) is 39.6 Å². The van der Waals surface area contributed by atoms with Crippen molar-refractivity contribution in [3.05, 3.63) is 45.7 Å². The Bertz CT molecular complexity index is 1420. The number of fused-ring (bicyclic) bond motifs is 3. The first-order valence-corrected chi connectivity index (χ1v) is 14.1. The lowest BCUT2D eigenvalue weighted by Crippen LogP contribution is -2.67. The van der Waals surface area contributed by atoms with E-state index in [0.717, 1.165) is 12.5 Å². The Balaban J connectivity index is 1.87. The second kappa shape index (κ2) is 12.1. The van der Waals surface area contributed by atoms with Crippen LogP contribution in [0.3, 0.4) is 0 Å². The summed E-state index contributed by atoms with van der Waals surface area (Å²) in [6.45, 7) is 1.61. The van der Waals surface area contributed by atoms with Crippen LogP contribution in [0.2, 0.25) is 0 Å². The molecule has 0 aromatic heterocycles. The molecule has 1 fully saturated rings. The van der Waals surface area contributed by atoms with Crippen LogP contribution in [0.25, 0.3) is 5.76 Å². The number of Topliss-reactive ketones (excluding diaryl/α,β-unsaturated/α-hetero) is 3. The number of nitrogens with two attached hydrogens (primary N) is 1. The number of hydrogen-bond acceptors (Lipinski definition) is 12. The van der Waals surface area contributed by atoms with Crippen molar-refractivity contribution in [2.75, 3.05) is 41.0 Å². The van der Waals surface area contributed by atoms with Crippen molar-refractivity contribution in [2.24, 2.45) is 17.1 Å². The number of carbonyl (C=O) groups excluding carboxylic acids is 4. The molecule has 4 atom stereocenters. The van der Waals surface area contributed by atoms with E-state index < -0.39 is 63.5 Å². The van der Waals surface area contributed by atoms with Crippen molar-refractivity contribution in [1.82, 2.24) is 10.2 Å². The zero-order valence-corrected chi connectivity index (χ0v) is 24.7. The van der Waals surface area contributed by atoms with Gasteiger partial charge < -0.3 is 41.0 Å². The van der Waals surface area contributed by atoms with E-state index in [-0.39, 0.29) is 49.5 Å². The number of hydrogen-bond donors (Lipinski definition) is 6. The quantitative estimate of drug-likeness (QED) is 0.155. The molecular formula is C30H39N3O10. The van der Waals surface area contributed by atoms with E-state index >= 15 is 0 Å². The molecule has 0 heterocycles. The van der Waals surface area contributed by atoms with Gasteiger partial charge in [0.25, 0.3) is 0 Å². The second-order valence-electron chi connectivity index (χ2n) is 11.7. The summed E-state index contributed by atoms with van der Waals surface area (Å²) >= 11 is 0. The van der Waals surface area contributed by atoms with Crippen LogP contribution in [0.15, 0.2) is 29.0 Å². The molecule has 43 heavy (non-hydrogen) atoms. The van der Waals surface area contributed by atoms with Gasteiger partial charge in [-0.25, -0.2) is 4.79 Å². The molecule has 0 spiro atoms. The number of phenolic OH excluding ortho intramolecular Hbond substituents is 1. The van der Waals surface area contributed by atoms with Crippen LogP contribution in [0, 0.1) is 11.3 Å². The number of nitrogens with one attached hydrogen (secondary N) is 1. The van der Waals surface area contributed by atoms with Crippen molar-refractivity contribution in [1.29, 1.82) is 0 Å². The summed E-state index contributed by atoms with van der Waals surface area (Å²) in [5, 5.41) is 48.8. The average molecular weight is 602 g/mol. The lowest BCUT2D eigenvalue weighted by atomic mass is 9.51. The Morgan fingerprint density at radius 2 is 1.81 bits per heavy atom. The molecule has 0 unspecified atom stereocenters. The number of likely N-dealkylation sites (N-methyl/N-ethyl adjacent to an activating group) is 1. The molecule has 0 saturated heterocycles. The Labute approximate surface area is 248 Å². The molecule has 3 aliphatic rings. The minimum absolute atomic E-state index is 0.0312. The highest BCUT2D eigenvalue weighted by Crippen LogP contribution is 2.58. The SMILES string of the molecule is CNCc1ccc(O)c2c1C[C@@]1(COCCCCOC(N)=O)C[C@H]3[C@H](N(C)C)C(=O)C(C(C)=O)=C(O)[C@@]3(O)C(=O)C1=C2O. The summed E-state index contributed by atoms with van der Waals surface area (Å²) in [4.78, 5) is 52.8. The fraction of sp³-hybridized carbons (Fsp3) is 0.533. The Hall–Kier alpha value is -3.78. The Kier molecular flexibility index (Phi) is 9.03. The predicted octanol–water partition coefficient (Wildman–Crippen LogP) is 1.05. The molecule has 0 bridgehead atoms. The third kappa shape index (κ3) is 5.30. The number of unbranched alkanes of at least 4 members (excludes halogenated alkanes) is 1. The number of phenols is 1. The maximum Gasteiger partial charge on any atom is 0.404 e. The van der Waals surface area contributed by atoms with E-state index in [4.69, 9.17) is 15.2 Å². The average Bonchev–Trinajstić information content (AvgIpc) is 2.91. The number of benzene rings is 1. The molecule has 234 valence electrons. The van der Waals surface area contributed by atoms with Crippen molar-refractivity contribution >= 4 is 29.2 Å². The molecule has 0 aliphatic heterocycles. The number of nitrogens with zero attached hydrogens (tertiary/aromatic N) is 1. The normalized spacial score (nSPS) is 26.7. The summed E-state index contributed by atoms with van der Waals surface area (Å²) in [5.74, 6) is -5.69. The van der Waals surface area contributed by atoms with Gasteiger partial charge in [0.15, 0.2) is 17.2 Å². The topological polar surface area (TPSA) is 209 Å². The minimum Gasteiger partial charge on any atom is -0.508 e. The van der Waals surface area contributed by atoms with Gasteiger partial charge in [0, 0.05) is 24.5 Å². The number of aliphatic hydroxyl groups excluding tert-OH is 2. The second-order valence-corrected chi connectivity index (χ2v) is 11.7. The number of aromatic hydroxyl groups is 1. The molecule has 3 aliphatic carbocycles. The van der Waals surface area contributed by atoms with Crippen molar-refractivity contribution in [3.8, 4) is 5.75 Å². The van der Waals surface area contributed by atoms with Crippen molar-refractivity contribution in [2.45, 2.75) is 50.8 Å². The third-order valence-corrected chi connectivity index (χ3v) is 8.70. The van der Waals surface area contributed by atoms with Gasteiger partial charge in [-0.15, -0.1) is 0 Å². The summed E-state index contributed by atoms with van der Waals surface area (Å²) in [7, 11) is 4.89. The zero-order valence-electron chi connectivity index (χ0n) is 24.7. The zero-order chi connectivity index (χ0) is 31.9. The monoisotopic (exact) mass is 601 g/mol. The van der Waals surface area contributed by atoms with Gasteiger partial charge in [0.1, 0.15) is 22.8 Å². The third-order valence-electron chi connectivity index (χ3n) is 8.70. The molecule has 1 saturated carbocycles.